The van der Waals surface area contributed by atoms with Crippen molar-refractivity contribution >= 4 is 0 Å². The van der Waals surface area contributed by atoms with Gasteiger partial charge in [-0.15, -0.1) is 0 Å². The Hall–Kier alpha value is -1.67. The van der Waals surface area contributed by atoms with Crippen molar-refractivity contribution in [1.82, 2.24) is 10.3 Å². The number of benzene rings is 1. The van der Waals surface area contributed by atoms with Crippen LogP contribution in [0.15, 0.2) is 48.8 Å². The predicted molar refractivity (Wildman–Crippen MR) is 70.9 cm³/mol. The van der Waals surface area contributed by atoms with Crippen LogP contribution in [0, 0.1) is 6.92 Å². The van der Waals surface area contributed by atoms with Gasteiger partial charge >= 0.3 is 0 Å². The minimum absolute atomic E-state index is 0.253. The lowest BCUT2D eigenvalue weighted by atomic mass is 9.99. The van der Waals surface area contributed by atoms with Gasteiger partial charge in [0.25, 0.3) is 0 Å². The number of aromatic nitrogens is 1. The maximum atomic E-state index is 4.07. The first kappa shape index (κ1) is 11.8. The monoisotopic (exact) mass is 226 g/mol. The van der Waals surface area contributed by atoms with Gasteiger partial charge in [0, 0.05) is 12.4 Å². The molecule has 0 saturated heterocycles. The van der Waals surface area contributed by atoms with Crippen LogP contribution in [-0.4, -0.2) is 11.5 Å². The number of hydrogen-bond donors (Lipinski definition) is 1. The molecule has 17 heavy (non-hydrogen) atoms. The second-order valence-corrected chi connectivity index (χ2v) is 4.18. The summed E-state index contributed by atoms with van der Waals surface area (Å²) < 4.78 is 0. The Morgan fingerprint density at radius 3 is 2.18 bits per heavy atom. The molecule has 88 valence electrons. The first-order chi connectivity index (χ1) is 8.31. The third kappa shape index (κ3) is 2.92. The van der Waals surface area contributed by atoms with Gasteiger partial charge in [-0.3, -0.25) is 4.98 Å². The van der Waals surface area contributed by atoms with Gasteiger partial charge in [0.1, 0.15) is 0 Å². The van der Waals surface area contributed by atoms with Crippen molar-refractivity contribution in [2.75, 3.05) is 6.54 Å². The van der Waals surface area contributed by atoms with E-state index in [4.69, 9.17) is 0 Å². The first-order valence-electron chi connectivity index (χ1n) is 6.01. The predicted octanol–water partition coefficient (Wildman–Crippen LogP) is 3.09. The highest BCUT2D eigenvalue weighted by Crippen LogP contribution is 2.21. The van der Waals surface area contributed by atoms with Crippen molar-refractivity contribution in [1.29, 1.82) is 0 Å². The minimum atomic E-state index is 0.253. The van der Waals surface area contributed by atoms with Crippen molar-refractivity contribution in [3.05, 3.63) is 65.5 Å². The zero-order chi connectivity index (χ0) is 12.1. The fourth-order valence-corrected chi connectivity index (χ4v) is 1.95. The molecule has 0 aliphatic rings. The average molecular weight is 226 g/mol. The van der Waals surface area contributed by atoms with Gasteiger partial charge in [-0.25, -0.2) is 0 Å². The third-order valence-corrected chi connectivity index (χ3v) is 2.86. The molecule has 2 heteroatoms. The van der Waals surface area contributed by atoms with Crippen molar-refractivity contribution in [3.8, 4) is 0 Å². The number of pyridine rings is 1. The lowest BCUT2D eigenvalue weighted by molar-refractivity contribution is 0.630. The molecule has 0 saturated carbocycles. The summed E-state index contributed by atoms with van der Waals surface area (Å²) in [5.74, 6) is 0. The van der Waals surface area contributed by atoms with E-state index in [2.05, 4.69) is 60.5 Å². The molecule has 1 N–H and O–H groups in total. The van der Waals surface area contributed by atoms with Crippen molar-refractivity contribution in [3.63, 3.8) is 0 Å². The molecule has 1 unspecified atom stereocenters. The molecule has 0 amide bonds. The molecule has 0 radical (unpaired) electrons. The molecule has 0 bridgehead atoms. The fraction of sp³-hybridized carbons (Fsp3) is 0.267. The van der Waals surface area contributed by atoms with E-state index in [1.807, 2.05) is 12.4 Å². The highest BCUT2D eigenvalue weighted by atomic mass is 14.9. The average Bonchev–Trinajstić information content (AvgIpc) is 2.38. The molecule has 2 rings (SSSR count). The van der Waals surface area contributed by atoms with Crippen LogP contribution in [-0.2, 0) is 0 Å². The molecule has 1 atom stereocenters. The molecular formula is C15H18N2. The zero-order valence-electron chi connectivity index (χ0n) is 10.4. The van der Waals surface area contributed by atoms with Gasteiger partial charge in [-0.1, -0.05) is 36.8 Å². The Labute approximate surface area is 103 Å². The van der Waals surface area contributed by atoms with Crippen LogP contribution in [0.3, 0.4) is 0 Å². The van der Waals surface area contributed by atoms with E-state index >= 15 is 0 Å². The number of nitrogens with one attached hydrogen (secondary N) is 1. The second-order valence-electron chi connectivity index (χ2n) is 4.18. The second kappa shape index (κ2) is 5.60. The van der Waals surface area contributed by atoms with E-state index in [1.54, 1.807) is 0 Å². The molecule has 1 aromatic carbocycles. The van der Waals surface area contributed by atoms with E-state index in [-0.39, 0.29) is 6.04 Å². The zero-order valence-corrected chi connectivity index (χ0v) is 10.4. The van der Waals surface area contributed by atoms with Gasteiger partial charge in [0.15, 0.2) is 0 Å². The summed E-state index contributed by atoms with van der Waals surface area (Å²) in [4.78, 5) is 4.07. The third-order valence-electron chi connectivity index (χ3n) is 2.86. The Balaban J connectivity index is 2.32. The summed E-state index contributed by atoms with van der Waals surface area (Å²) >= 11 is 0. The van der Waals surface area contributed by atoms with Crippen LogP contribution in [0.4, 0.5) is 0 Å². The summed E-state index contributed by atoms with van der Waals surface area (Å²) in [6.45, 7) is 5.18. The summed E-state index contributed by atoms with van der Waals surface area (Å²) in [5, 5.41) is 3.51. The quantitative estimate of drug-likeness (QED) is 0.866. The lowest BCUT2D eigenvalue weighted by Gasteiger charge is -2.18. The van der Waals surface area contributed by atoms with Crippen LogP contribution in [0.2, 0.25) is 0 Å². The maximum absolute atomic E-state index is 4.07. The van der Waals surface area contributed by atoms with E-state index in [0.29, 0.717) is 0 Å². The molecular weight excluding hydrogens is 208 g/mol. The van der Waals surface area contributed by atoms with Gasteiger partial charge in [-0.2, -0.15) is 0 Å². The van der Waals surface area contributed by atoms with Gasteiger partial charge in [0.2, 0.25) is 0 Å². The molecule has 0 aliphatic carbocycles. The van der Waals surface area contributed by atoms with Gasteiger partial charge < -0.3 is 5.32 Å². The van der Waals surface area contributed by atoms with E-state index in [0.717, 1.165) is 6.54 Å². The summed E-state index contributed by atoms with van der Waals surface area (Å²) in [5.41, 5.74) is 3.84. The van der Waals surface area contributed by atoms with Crippen LogP contribution < -0.4 is 5.32 Å². The van der Waals surface area contributed by atoms with Crippen LogP contribution in [0.5, 0.6) is 0 Å². The highest BCUT2D eigenvalue weighted by Gasteiger charge is 2.11. The van der Waals surface area contributed by atoms with E-state index in [9.17, 15) is 0 Å². The van der Waals surface area contributed by atoms with Crippen molar-refractivity contribution < 1.29 is 0 Å². The Morgan fingerprint density at radius 1 is 1.00 bits per heavy atom. The van der Waals surface area contributed by atoms with E-state index in [1.165, 1.54) is 16.7 Å². The minimum Gasteiger partial charge on any atom is -0.307 e. The first-order valence-corrected chi connectivity index (χ1v) is 6.01. The molecule has 1 heterocycles. The van der Waals surface area contributed by atoms with Crippen LogP contribution in [0.1, 0.15) is 29.7 Å². The fourth-order valence-electron chi connectivity index (χ4n) is 1.95. The normalized spacial score (nSPS) is 12.4. The summed E-state index contributed by atoms with van der Waals surface area (Å²) in [6, 6.07) is 13.1. The molecule has 0 aliphatic heterocycles. The standard InChI is InChI=1S/C15H18N2/c1-3-17-15(14-8-10-16-11-9-14)13-6-4-12(2)5-7-13/h4-11,15,17H,3H2,1-2H3. The molecule has 2 aromatic rings. The largest absolute Gasteiger partial charge is 0.307 e. The molecule has 1 aromatic heterocycles. The topological polar surface area (TPSA) is 24.9 Å². The summed E-state index contributed by atoms with van der Waals surface area (Å²) in [6.07, 6.45) is 3.68. The van der Waals surface area contributed by atoms with Crippen LogP contribution >= 0.6 is 0 Å². The van der Waals surface area contributed by atoms with Crippen molar-refractivity contribution in [2.24, 2.45) is 0 Å². The summed E-state index contributed by atoms with van der Waals surface area (Å²) in [7, 11) is 0. The van der Waals surface area contributed by atoms with Crippen LogP contribution in [0.25, 0.3) is 0 Å². The van der Waals surface area contributed by atoms with Crippen molar-refractivity contribution in [2.45, 2.75) is 19.9 Å². The Morgan fingerprint density at radius 2 is 1.59 bits per heavy atom. The van der Waals surface area contributed by atoms with E-state index < -0.39 is 0 Å². The number of aryl methyl sites for hydroxylation is 1. The van der Waals surface area contributed by atoms with Gasteiger partial charge in [0.05, 0.1) is 6.04 Å². The maximum Gasteiger partial charge on any atom is 0.0577 e. The van der Waals surface area contributed by atoms with Gasteiger partial charge in [-0.05, 0) is 36.7 Å². The Kier molecular flexibility index (Phi) is 3.89. The highest BCUT2D eigenvalue weighted by molar-refractivity contribution is 5.32. The number of hydrogen-bond acceptors (Lipinski definition) is 2. The molecule has 0 fully saturated rings. The SMILES string of the molecule is CCNC(c1ccncc1)c1ccc(C)cc1. The molecule has 2 nitrogen and oxygen atoms in total. The molecule has 0 spiro atoms. The Bertz CT molecular complexity index is 448. The number of nitrogens with zero attached hydrogens (tertiary/aromatic N) is 1. The number of rotatable bonds is 4. The lowest BCUT2D eigenvalue weighted by Crippen LogP contribution is -2.21. The smallest absolute Gasteiger partial charge is 0.0577 e.